The van der Waals surface area contributed by atoms with E-state index >= 15 is 0 Å². The molecule has 4 aromatic rings. The van der Waals surface area contributed by atoms with Crippen LogP contribution in [0.5, 0.6) is 0 Å². The first-order valence-corrected chi connectivity index (χ1v) is 14.9. The van der Waals surface area contributed by atoms with Crippen LogP contribution in [0.25, 0.3) is 6.08 Å². The number of benzene rings is 4. The highest BCUT2D eigenvalue weighted by molar-refractivity contribution is 8.00. The summed E-state index contributed by atoms with van der Waals surface area (Å²) in [7, 11) is -3.82. The Morgan fingerprint density at radius 2 is 1.38 bits per heavy atom. The zero-order valence-corrected chi connectivity index (χ0v) is 23.5. The third kappa shape index (κ3) is 8.61. The van der Waals surface area contributed by atoms with Gasteiger partial charge in [-0.15, -0.1) is 11.8 Å². The Bertz CT molecular complexity index is 1730. The number of amides is 3. The lowest BCUT2D eigenvalue weighted by atomic mass is 10.1. The van der Waals surface area contributed by atoms with Crippen molar-refractivity contribution in [3.63, 3.8) is 0 Å². The SMILES string of the molecule is NS(=O)(=O)c1ccc(NC(=O)CSc2ccc(NC(=O)/C(=C/c3ccccc3F)NC(=O)c3ccccc3)cc2)cc1. The van der Waals surface area contributed by atoms with Crippen molar-refractivity contribution in [2.45, 2.75) is 9.79 Å². The predicted octanol–water partition coefficient (Wildman–Crippen LogP) is 4.61. The Morgan fingerprint density at radius 1 is 0.786 bits per heavy atom. The van der Waals surface area contributed by atoms with E-state index in [-0.39, 0.29) is 27.8 Å². The van der Waals surface area contributed by atoms with E-state index in [1.807, 2.05) is 0 Å². The molecule has 214 valence electrons. The number of thioether (sulfide) groups is 1. The van der Waals surface area contributed by atoms with Crippen LogP contribution in [0.2, 0.25) is 0 Å². The van der Waals surface area contributed by atoms with E-state index in [1.165, 1.54) is 60.3 Å². The van der Waals surface area contributed by atoms with E-state index in [4.69, 9.17) is 5.14 Å². The summed E-state index contributed by atoms with van der Waals surface area (Å²) in [6.45, 7) is 0. The van der Waals surface area contributed by atoms with Crippen LogP contribution in [0, 0.1) is 5.82 Å². The molecule has 0 heterocycles. The van der Waals surface area contributed by atoms with E-state index in [9.17, 15) is 27.2 Å². The molecule has 0 aliphatic heterocycles. The fourth-order valence-corrected chi connectivity index (χ4v) is 4.81. The molecule has 3 amide bonds. The topological polar surface area (TPSA) is 147 Å². The smallest absolute Gasteiger partial charge is 0.272 e. The summed E-state index contributed by atoms with van der Waals surface area (Å²) in [5, 5.41) is 13.0. The van der Waals surface area contributed by atoms with Crippen molar-refractivity contribution in [1.29, 1.82) is 0 Å². The van der Waals surface area contributed by atoms with Crippen LogP contribution in [0.4, 0.5) is 15.8 Å². The number of hydrogen-bond donors (Lipinski definition) is 4. The molecule has 0 saturated carbocycles. The highest BCUT2D eigenvalue weighted by Gasteiger charge is 2.16. The van der Waals surface area contributed by atoms with Crippen LogP contribution in [-0.4, -0.2) is 31.9 Å². The fourth-order valence-electron chi connectivity index (χ4n) is 3.60. The van der Waals surface area contributed by atoms with Gasteiger partial charge < -0.3 is 16.0 Å². The quantitative estimate of drug-likeness (QED) is 0.154. The molecule has 9 nitrogen and oxygen atoms in total. The molecule has 12 heteroatoms. The van der Waals surface area contributed by atoms with E-state index in [2.05, 4.69) is 16.0 Å². The lowest BCUT2D eigenvalue weighted by Gasteiger charge is -2.12. The summed E-state index contributed by atoms with van der Waals surface area (Å²) in [4.78, 5) is 38.9. The third-order valence-electron chi connectivity index (χ3n) is 5.68. The minimum Gasteiger partial charge on any atom is -0.325 e. The molecule has 4 rings (SSSR count). The number of anilines is 2. The number of carbonyl (C=O) groups is 3. The van der Waals surface area contributed by atoms with Gasteiger partial charge in [-0.2, -0.15) is 0 Å². The first-order valence-electron chi connectivity index (χ1n) is 12.4. The predicted molar refractivity (Wildman–Crippen MR) is 161 cm³/mol. The van der Waals surface area contributed by atoms with E-state index in [0.29, 0.717) is 16.9 Å². The van der Waals surface area contributed by atoms with Gasteiger partial charge in [0.05, 0.1) is 10.6 Å². The number of carbonyl (C=O) groups excluding carboxylic acids is 3. The number of nitrogens with two attached hydrogens (primary N) is 1. The first kappa shape index (κ1) is 30.2. The Labute approximate surface area is 246 Å². The first-order chi connectivity index (χ1) is 20.1. The summed E-state index contributed by atoms with van der Waals surface area (Å²) >= 11 is 1.25. The zero-order valence-electron chi connectivity index (χ0n) is 21.9. The van der Waals surface area contributed by atoms with Crippen molar-refractivity contribution in [2.75, 3.05) is 16.4 Å². The monoisotopic (exact) mass is 604 g/mol. The molecule has 0 bridgehead atoms. The molecule has 0 unspecified atom stereocenters. The average Bonchev–Trinajstić information content (AvgIpc) is 2.97. The molecular weight excluding hydrogens is 579 g/mol. The van der Waals surface area contributed by atoms with Gasteiger partial charge in [-0.3, -0.25) is 14.4 Å². The van der Waals surface area contributed by atoms with E-state index in [1.54, 1.807) is 60.7 Å². The van der Waals surface area contributed by atoms with Gasteiger partial charge >= 0.3 is 0 Å². The second kappa shape index (κ2) is 13.7. The number of sulfonamides is 1. The van der Waals surface area contributed by atoms with Crippen LogP contribution < -0.4 is 21.1 Å². The molecule has 42 heavy (non-hydrogen) atoms. The van der Waals surface area contributed by atoms with Crippen LogP contribution in [0.3, 0.4) is 0 Å². The van der Waals surface area contributed by atoms with Gasteiger partial charge in [0.2, 0.25) is 15.9 Å². The lowest BCUT2D eigenvalue weighted by molar-refractivity contribution is -0.114. The Kier molecular flexibility index (Phi) is 9.86. The van der Waals surface area contributed by atoms with E-state index < -0.39 is 27.7 Å². The van der Waals surface area contributed by atoms with E-state index in [0.717, 1.165) is 4.90 Å². The number of hydrogen-bond acceptors (Lipinski definition) is 6. The van der Waals surface area contributed by atoms with Gasteiger partial charge in [0, 0.05) is 27.4 Å². The highest BCUT2D eigenvalue weighted by Crippen LogP contribution is 2.22. The van der Waals surface area contributed by atoms with Gasteiger partial charge in [-0.1, -0.05) is 36.4 Å². The number of halogens is 1. The maximum Gasteiger partial charge on any atom is 0.272 e. The molecule has 4 aromatic carbocycles. The van der Waals surface area contributed by atoms with Crippen molar-refractivity contribution < 1.29 is 27.2 Å². The fraction of sp³-hybridized carbons (Fsp3) is 0.0333. The van der Waals surface area contributed by atoms with Crippen molar-refractivity contribution >= 4 is 57.0 Å². The Balaban J connectivity index is 1.38. The van der Waals surface area contributed by atoms with Crippen molar-refractivity contribution in [1.82, 2.24) is 5.32 Å². The average molecular weight is 605 g/mol. The summed E-state index contributed by atoms with van der Waals surface area (Å²) in [6.07, 6.45) is 1.26. The molecule has 0 aliphatic carbocycles. The molecule has 5 N–H and O–H groups in total. The minimum atomic E-state index is -3.82. The normalized spacial score (nSPS) is 11.4. The second-order valence-corrected chi connectivity index (χ2v) is 11.4. The van der Waals surface area contributed by atoms with Gasteiger partial charge in [0.15, 0.2) is 0 Å². The van der Waals surface area contributed by atoms with Crippen molar-refractivity contribution in [2.24, 2.45) is 5.14 Å². The van der Waals surface area contributed by atoms with Gasteiger partial charge in [-0.05, 0) is 72.8 Å². The number of primary sulfonamides is 1. The maximum absolute atomic E-state index is 14.3. The number of rotatable bonds is 10. The van der Waals surface area contributed by atoms with Crippen LogP contribution in [0.15, 0.2) is 119 Å². The summed E-state index contributed by atoms with van der Waals surface area (Å²) < 4.78 is 37.0. The van der Waals surface area contributed by atoms with Crippen molar-refractivity contribution in [3.8, 4) is 0 Å². The molecule has 0 fully saturated rings. The molecule has 0 aromatic heterocycles. The largest absolute Gasteiger partial charge is 0.325 e. The highest BCUT2D eigenvalue weighted by atomic mass is 32.2. The van der Waals surface area contributed by atoms with Crippen LogP contribution >= 0.6 is 11.8 Å². The van der Waals surface area contributed by atoms with Gasteiger partial charge in [-0.25, -0.2) is 17.9 Å². The summed E-state index contributed by atoms with van der Waals surface area (Å²) in [5.41, 5.74) is 1.14. The standard InChI is InChI=1S/C30H25FN4O5S2/c31-26-9-5-4-8-21(26)18-27(35-29(37)20-6-2-1-3-7-20)30(38)34-23-10-14-24(15-11-23)41-19-28(36)33-22-12-16-25(17-13-22)42(32,39)40/h1-18H,19H2,(H,33,36)(H,34,38)(H,35,37)(H2,32,39,40)/b27-18-. The molecule has 0 atom stereocenters. The molecule has 0 radical (unpaired) electrons. The van der Waals surface area contributed by atoms with Gasteiger partial charge in [0.1, 0.15) is 11.5 Å². The number of nitrogens with one attached hydrogen (secondary N) is 3. The molecule has 0 saturated heterocycles. The molecule has 0 spiro atoms. The molecular formula is C30H25FN4O5S2. The summed E-state index contributed by atoms with van der Waals surface area (Å²) in [5.74, 6) is -1.97. The summed E-state index contributed by atoms with van der Waals surface area (Å²) in [6, 6.07) is 26.3. The van der Waals surface area contributed by atoms with Crippen molar-refractivity contribution in [3.05, 3.63) is 126 Å². The van der Waals surface area contributed by atoms with Crippen LogP contribution in [-0.2, 0) is 19.6 Å². The van der Waals surface area contributed by atoms with Crippen LogP contribution in [0.1, 0.15) is 15.9 Å². The zero-order chi connectivity index (χ0) is 30.1. The minimum absolute atomic E-state index is 0.0597. The molecule has 0 aliphatic rings. The van der Waals surface area contributed by atoms with Gasteiger partial charge in [0.25, 0.3) is 11.8 Å². The lowest BCUT2D eigenvalue weighted by Crippen LogP contribution is -2.30. The second-order valence-electron chi connectivity index (χ2n) is 8.78. The Morgan fingerprint density at radius 3 is 2.02 bits per heavy atom. The maximum atomic E-state index is 14.3. The third-order valence-corrected chi connectivity index (χ3v) is 7.62. The Hall–Kier alpha value is -4.78.